The molecule has 2 unspecified atom stereocenters. The molecule has 3 nitrogen and oxygen atoms in total. The largest absolute Gasteiger partial charge is 0.460 e. The van der Waals surface area contributed by atoms with Crippen LogP contribution in [0, 0.1) is 5.92 Å². The smallest absolute Gasteiger partial charge is 0.306 e. The topological polar surface area (TPSA) is 29.5 Å². The van der Waals surface area contributed by atoms with Crippen LogP contribution in [0.1, 0.15) is 46.6 Å². The highest BCUT2D eigenvalue weighted by Crippen LogP contribution is 2.33. The lowest BCUT2D eigenvalue weighted by atomic mass is 9.91. The van der Waals surface area contributed by atoms with E-state index in [0.29, 0.717) is 12.3 Å². The monoisotopic (exact) mass is 309 g/mol. The molecule has 0 aromatic heterocycles. The van der Waals surface area contributed by atoms with Gasteiger partial charge in [-0.1, -0.05) is 32.0 Å². The number of rotatable bonds is 2. The Morgan fingerprint density at radius 2 is 1.95 bits per heavy atom. The molecule has 118 valence electrons. The number of carbonyl (C=O) groups is 1. The van der Waals surface area contributed by atoms with Gasteiger partial charge in [0.05, 0.1) is 6.42 Å². The first-order chi connectivity index (χ1) is 9.85. The number of hydrogen-bond acceptors (Lipinski definition) is 3. The van der Waals surface area contributed by atoms with Gasteiger partial charge in [-0.15, -0.1) is 0 Å². The van der Waals surface area contributed by atoms with E-state index in [9.17, 15) is 4.79 Å². The summed E-state index contributed by atoms with van der Waals surface area (Å²) in [6.45, 7) is 10.6. The summed E-state index contributed by atoms with van der Waals surface area (Å²) in [6.07, 6.45) is 1.43. The molecule has 0 saturated carbocycles. The molecule has 1 aliphatic heterocycles. The fourth-order valence-electron chi connectivity index (χ4n) is 2.47. The summed E-state index contributed by atoms with van der Waals surface area (Å²) in [5.74, 6) is 0.220. The minimum Gasteiger partial charge on any atom is -0.460 e. The first-order valence-corrected chi connectivity index (χ1v) is 8.19. The zero-order chi connectivity index (χ0) is 16.0. The molecule has 0 amide bonds. The van der Waals surface area contributed by atoms with Crippen LogP contribution in [0.4, 0.5) is 5.69 Å². The van der Waals surface area contributed by atoms with Crippen molar-refractivity contribution in [1.82, 2.24) is 0 Å². The lowest BCUT2D eigenvalue weighted by Gasteiger charge is -2.33. The van der Waals surface area contributed by atoms with Crippen molar-refractivity contribution in [2.75, 3.05) is 11.2 Å². The molecular formula is C17H28NO2P. The van der Waals surface area contributed by atoms with Crippen LogP contribution in [0.2, 0.25) is 0 Å². The van der Waals surface area contributed by atoms with E-state index in [0.717, 1.165) is 13.0 Å². The number of carbonyl (C=O) groups excluding carboxylic acids is 1. The fourth-order valence-corrected chi connectivity index (χ4v) is 3.02. The lowest BCUT2D eigenvalue weighted by molar-refractivity contribution is -0.155. The number of hydrogen-bond donors (Lipinski definition) is 0. The van der Waals surface area contributed by atoms with Gasteiger partial charge in [-0.25, -0.2) is 0 Å². The van der Waals surface area contributed by atoms with E-state index >= 15 is 0 Å². The molecule has 1 aromatic carbocycles. The van der Waals surface area contributed by atoms with Gasteiger partial charge < -0.3 is 9.41 Å². The van der Waals surface area contributed by atoms with Gasteiger partial charge in [0.15, 0.2) is 0 Å². The van der Waals surface area contributed by atoms with E-state index in [4.69, 9.17) is 4.74 Å². The Hall–Kier alpha value is -1.08. The second kappa shape index (κ2) is 7.79. The molecule has 0 aliphatic carbocycles. The summed E-state index contributed by atoms with van der Waals surface area (Å²) in [5, 5.41) is 0. The third-order valence-electron chi connectivity index (χ3n) is 3.14. The molecule has 0 bridgehead atoms. The zero-order valence-electron chi connectivity index (χ0n) is 13.8. The maximum absolute atomic E-state index is 11.9. The van der Waals surface area contributed by atoms with Crippen molar-refractivity contribution in [3.05, 3.63) is 29.8 Å². The first-order valence-electron chi connectivity index (χ1n) is 7.67. The standard InChI is InChI=1S/C15H22NO2P.C2H6/c1-15(2,3)18-14(17)9-11-8-12-6-4-5-7-13(12)16(19)10-11;1-2/h4-7,11H,8-10,19H2,1-3H3;1-2H3. The van der Waals surface area contributed by atoms with Crippen molar-refractivity contribution < 1.29 is 9.53 Å². The van der Waals surface area contributed by atoms with Crippen molar-refractivity contribution in [2.24, 2.45) is 5.92 Å². The van der Waals surface area contributed by atoms with Crippen LogP contribution in [0.3, 0.4) is 0 Å². The molecule has 21 heavy (non-hydrogen) atoms. The van der Waals surface area contributed by atoms with Gasteiger partial charge in [0.2, 0.25) is 0 Å². The highest BCUT2D eigenvalue weighted by molar-refractivity contribution is 7.19. The van der Waals surface area contributed by atoms with Crippen LogP contribution in [0.25, 0.3) is 0 Å². The molecule has 2 rings (SSSR count). The Bertz CT molecular complexity index is 468. The van der Waals surface area contributed by atoms with Gasteiger partial charge in [-0.3, -0.25) is 4.79 Å². The highest BCUT2D eigenvalue weighted by Gasteiger charge is 2.26. The van der Waals surface area contributed by atoms with E-state index in [1.165, 1.54) is 11.3 Å². The van der Waals surface area contributed by atoms with Crippen LogP contribution < -0.4 is 4.67 Å². The summed E-state index contributed by atoms with van der Waals surface area (Å²) < 4.78 is 7.55. The predicted molar refractivity (Wildman–Crippen MR) is 92.5 cm³/mol. The summed E-state index contributed by atoms with van der Waals surface area (Å²) in [6, 6.07) is 8.34. The fraction of sp³-hybridized carbons (Fsp3) is 0.588. The molecule has 1 aliphatic rings. The number of esters is 1. The lowest BCUT2D eigenvalue weighted by Crippen LogP contribution is -2.32. The Labute approximate surface area is 131 Å². The maximum Gasteiger partial charge on any atom is 0.306 e. The molecule has 4 heteroatoms. The molecule has 1 aromatic rings. The summed E-state index contributed by atoms with van der Waals surface area (Å²) in [4.78, 5) is 11.9. The molecule has 0 radical (unpaired) electrons. The first kappa shape index (κ1) is 18.0. The number of anilines is 1. The Kier molecular flexibility index (Phi) is 6.67. The van der Waals surface area contributed by atoms with Gasteiger partial charge in [0, 0.05) is 12.2 Å². The van der Waals surface area contributed by atoms with E-state index in [2.05, 4.69) is 26.2 Å². The van der Waals surface area contributed by atoms with Crippen LogP contribution in [-0.2, 0) is 16.0 Å². The number of para-hydroxylation sites is 1. The molecule has 0 N–H and O–H groups in total. The van der Waals surface area contributed by atoms with Gasteiger partial charge in [0.1, 0.15) is 5.60 Å². The predicted octanol–water partition coefficient (Wildman–Crippen LogP) is 4.21. The summed E-state index contributed by atoms with van der Waals surface area (Å²) in [5.41, 5.74) is 2.15. The minimum atomic E-state index is -0.399. The van der Waals surface area contributed by atoms with Crippen molar-refractivity contribution in [2.45, 2.75) is 53.1 Å². The molecule has 2 atom stereocenters. The molecule has 0 fully saturated rings. The second-order valence-electron chi connectivity index (χ2n) is 6.14. The van der Waals surface area contributed by atoms with Crippen LogP contribution in [0.15, 0.2) is 24.3 Å². The van der Waals surface area contributed by atoms with E-state index in [1.807, 2.05) is 46.8 Å². The highest BCUT2D eigenvalue weighted by atomic mass is 31.0. The number of fused-ring (bicyclic) bond motifs is 1. The number of nitrogens with zero attached hydrogens (tertiary/aromatic N) is 1. The maximum atomic E-state index is 11.9. The van der Waals surface area contributed by atoms with Gasteiger partial charge in [-0.05, 0) is 54.1 Å². The molecule has 0 saturated heterocycles. The van der Waals surface area contributed by atoms with Crippen molar-refractivity contribution in [1.29, 1.82) is 0 Å². The normalized spacial score (nSPS) is 17.4. The Morgan fingerprint density at radius 1 is 1.33 bits per heavy atom. The van der Waals surface area contributed by atoms with E-state index in [1.54, 1.807) is 0 Å². The van der Waals surface area contributed by atoms with Crippen molar-refractivity contribution in [3.8, 4) is 0 Å². The molecular weight excluding hydrogens is 281 g/mol. The van der Waals surface area contributed by atoms with Crippen LogP contribution in [-0.4, -0.2) is 18.1 Å². The summed E-state index contributed by atoms with van der Waals surface area (Å²) >= 11 is 0. The average Bonchev–Trinajstić information content (AvgIpc) is 2.38. The number of benzene rings is 1. The quantitative estimate of drug-likeness (QED) is 0.605. The second-order valence-corrected chi connectivity index (χ2v) is 6.77. The van der Waals surface area contributed by atoms with Crippen LogP contribution in [0.5, 0.6) is 0 Å². The third-order valence-corrected chi connectivity index (χ3v) is 3.63. The van der Waals surface area contributed by atoms with Gasteiger partial charge >= 0.3 is 5.97 Å². The SMILES string of the molecule is CC.CC(C)(C)OC(=O)CC1Cc2ccccc2N(P)C1. The van der Waals surface area contributed by atoms with Crippen molar-refractivity contribution >= 4 is 21.0 Å². The summed E-state index contributed by atoms with van der Waals surface area (Å²) in [7, 11) is 2.74. The molecule has 0 spiro atoms. The van der Waals surface area contributed by atoms with E-state index in [-0.39, 0.29) is 5.97 Å². The van der Waals surface area contributed by atoms with Crippen molar-refractivity contribution in [3.63, 3.8) is 0 Å². The zero-order valence-corrected chi connectivity index (χ0v) is 15.0. The Balaban J connectivity index is 0.00000106. The molecule has 1 heterocycles. The van der Waals surface area contributed by atoms with Gasteiger partial charge in [0.25, 0.3) is 0 Å². The van der Waals surface area contributed by atoms with Gasteiger partial charge in [-0.2, -0.15) is 0 Å². The Morgan fingerprint density at radius 3 is 2.57 bits per heavy atom. The van der Waals surface area contributed by atoms with E-state index < -0.39 is 5.60 Å². The van der Waals surface area contributed by atoms with Crippen LogP contribution >= 0.6 is 9.39 Å². The third kappa shape index (κ3) is 5.67. The number of ether oxygens (including phenoxy) is 1. The minimum absolute atomic E-state index is 0.102. The average molecular weight is 309 g/mol.